The smallest absolute Gasteiger partial charge is 0.0517 e. The summed E-state index contributed by atoms with van der Waals surface area (Å²) in [7, 11) is 0. The standard InChI is InChI=1S/C4H6S2/c5-3-1-2-4-6/h5-6H,3-4H2. The molecule has 0 spiro atoms. The Morgan fingerprint density at radius 1 is 1.00 bits per heavy atom. The van der Waals surface area contributed by atoms with E-state index in [2.05, 4.69) is 37.1 Å². The van der Waals surface area contributed by atoms with Crippen LogP contribution in [-0.2, 0) is 0 Å². The number of hydrogen-bond donors (Lipinski definition) is 2. The Morgan fingerprint density at radius 2 is 1.33 bits per heavy atom. The first-order valence-electron chi connectivity index (χ1n) is 1.59. The van der Waals surface area contributed by atoms with E-state index in [9.17, 15) is 0 Å². The zero-order valence-electron chi connectivity index (χ0n) is 3.31. The first-order valence-corrected chi connectivity index (χ1v) is 2.85. The van der Waals surface area contributed by atoms with Crippen molar-refractivity contribution >= 4 is 25.3 Å². The molecule has 34 valence electrons. The highest BCUT2D eigenvalue weighted by atomic mass is 32.1. The lowest BCUT2D eigenvalue weighted by atomic mass is 10.7. The molecule has 0 atom stereocenters. The molecule has 6 heavy (non-hydrogen) atoms. The fourth-order valence-electron chi connectivity index (χ4n) is 0.112. The Kier molecular flexibility index (Phi) is 5.49. The lowest BCUT2D eigenvalue weighted by Gasteiger charge is -1.65. The molecule has 0 bridgehead atoms. The van der Waals surface area contributed by atoms with Crippen LogP contribution >= 0.6 is 25.3 Å². The van der Waals surface area contributed by atoms with Gasteiger partial charge in [-0.2, -0.15) is 25.3 Å². The molecule has 0 aromatic heterocycles. The number of hydrogen-bond acceptors (Lipinski definition) is 2. The third kappa shape index (κ3) is 4.26. The van der Waals surface area contributed by atoms with Gasteiger partial charge in [0.15, 0.2) is 0 Å². The topological polar surface area (TPSA) is 0 Å². The Morgan fingerprint density at radius 3 is 1.50 bits per heavy atom. The molecule has 0 radical (unpaired) electrons. The summed E-state index contributed by atoms with van der Waals surface area (Å²) in [5, 5.41) is 0. The molecule has 0 aliphatic rings. The van der Waals surface area contributed by atoms with Crippen molar-refractivity contribution < 1.29 is 0 Å². The maximum atomic E-state index is 3.85. The summed E-state index contributed by atoms with van der Waals surface area (Å²) in [6.45, 7) is 0. The van der Waals surface area contributed by atoms with Crippen molar-refractivity contribution in [2.45, 2.75) is 0 Å². The van der Waals surface area contributed by atoms with E-state index in [-0.39, 0.29) is 0 Å². The quantitative estimate of drug-likeness (QED) is 0.342. The highest BCUT2D eigenvalue weighted by Gasteiger charge is 1.56. The van der Waals surface area contributed by atoms with Crippen molar-refractivity contribution in [2.75, 3.05) is 11.5 Å². The van der Waals surface area contributed by atoms with Gasteiger partial charge in [0.2, 0.25) is 0 Å². The molecule has 0 N–H and O–H groups in total. The molecule has 0 aromatic rings. The molecule has 0 saturated heterocycles. The minimum absolute atomic E-state index is 0.639. The summed E-state index contributed by atoms with van der Waals surface area (Å²) in [6.07, 6.45) is 0. The van der Waals surface area contributed by atoms with E-state index >= 15 is 0 Å². The van der Waals surface area contributed by atoms with E-state index in [4.69, 9.17) is 0 Å². The highest BCUT2D eigenvalue weighted by Crippen LogP contribution is 1.68. The van der Waals surface area contributed by atoms with Crippen molar-refractivity contribution in [3.05, 3.63) is 0 Å². The minimum atomic E-state index is 0.639. The Balaban J connectivity index is 2.90. The molecule has 0 rings (SSSR count). The maximum Gasteiger partial charge on any atom is 0.0517 e. The Hall–Kier alpha value is 0.260. The predicted molar refractivity (Wildman–Crippen MR) is 35.5 cm³/mol. The van der Waals surface area contributed by atoms with E-state index < -0.39 is 0 Å². The Labute approximate surface area is 49.1 Å². The van der Waals surface area contributed by atoms with Gasteiger partial charge >= 0.3 is 0 Å². The molecule has 0 amide bonds. The van der Waals surface area contributed by atoms with Crippen LogP contribution in [0.4, 0.5) is 0 Å². The van der Waals surface area contributed by atoms with Crippen molar-refractivity contribution in [3.8, 4) is 11.8 Å². The van der Waals surface area contributed by atoms with Gasteiger partial charge in [0.05, 0.1) is 11.5 Å². The number of rotatable bonds is 0. The zero-order chi connectivity index (χ0) is 4.83. The van der Waals surface area contributed by atoms with Crippen LogP contribution < -0.4 is 0 Å². The fourth-order valence-corrected chi connectivity index (χ4v) is 0.335. The van der Waals surface area contributed by atoms with Gasteiger partial charge in [0.25, 0.3) is 0 Å². The molecular weight excluding hydrogens is 112 g/mol. The summed E-state index contributed by atoms with van der Waals surface area (Å²) in [5.41, 5.74) is 0. The molecule has 0 fully saturated rings. The zero-order valence-corrected chi connectivity index (χ0v) is 5.10. The van der Waals surface area contributed by atoms with E-state index in [0.29, 0.717) is 11.5 Å². The van der Waals surface area contributed by atoms with Gasteiger partial charge < -0.3 is 0 Å². The third-order valence-electron chi connectivity index (χ3n) is 0.283. The largest absolute Gasteiger partial charge is 0.166 e. The third-order valence-corrected chi connectivity index (χ3v) is 0.599. The molecule has 0 aliphatic carbocycles. The normalized spacial score (nSPS) is 6.33. The lowest BCUT2D eigenvalue weighted by molar-refractivity contribution is 1.88. The molecule has 0 nitrogen and oxygen atoms in total. The van der Waals surface area contributed by atoms with Gasteiger partial charge in [-0.3, -0.25) is 0 Å². The summed E-state index contributed by atoms with van der Waals surface area (Å²) in [6, 6.07) is 0. The summed E-state index contributed by atoms with van der Waals surface area (Å²) >= 11 is 7.69. The average Bonchev–Trinajstić information content (AvgIpc) is 1.61. The van der Waals surface area contributed by atoms with Gasteiger partial charge in [-0.05, 0) is 0 Å². The second-order valence-corrected chi connectivity index (χ2v) is 1.30. The minimum Gasteiger partial charge on any atom is -0.166 e. The van der Waals surface area contributed by atoms with E-state index in [1.54, 1.807) is 0 Å². The van der Waals surface area contributed by atoms with Crippen molar-refractivity contribution in [3.63, 3.8) is 0 Å². The molecule has 2 heteroatoms. The Bertz CT molecular complexity index is 59.4. The fraction of sp³-hybridized carbons (Fsp3) is 0.500. The monoisotopic (exact) mass is 118 g/mol. The first-order chi connectivity index (χ1) is 2.91. The van der Waals surface area contributed by atoms with Gasteiger partial charge in [-0.15, -0.1) is 0 Å². The van der Waals surface area contributed by atoms with Crippen molar-refractivity contribution in [2.24, 2.45) is 0 Å². The predicted octanol–water partition coefficient (Wildman–Crippen LogP) is 0.849. The summed E-state index contributed by atoms with van der Waals surface area (Å²) < 4.78 is 0. The van der Waals surface area contributed by atoms with Crippen LogP contribution in [0, 0.1) is 11.8 Å². The van der Waals surface area contributed by atoms with Crippen LogP contribution in [0.25, 0.3) is 0 Å². The second kappa shape index (κ2) is 5.26. The SMILES string of the molecule is SCC#CCS. The molecule has 0 heterocycles. The van der Waals surface area contributed by atoms with Crippen LogP contribution in [0.5, 0.6) is 0 Å². The van der Waals surface area contributed by atoms with Crippen LogP contribution in [0.3, 0.4) is 0 Å². The van der Waals surface area contributed by atoms with Crippen LogP contribution in [0.15, 0.2) is 0 Å². The molecular formula is C4H6S2. The molecule has 0 aliphatic heterocycles. The summed E-state index contributed by atoms with van der Waals surface area (Å²) in [5.74, 6) is 6.75. The number of thiol groups is 2. The molecule has 0 aromatic carbocycles. The van der Waals surface area contributed by atoms with Gasteiger partial charge in [0.1, 0.15) is 0 Å². The second-order valence-electron chi connectivity index (χ2n) is 0.670. The summed E-state index contributed by atoms with van der Waals surface area (Å²) in [4.78, 5) is 0. The van der Waals surface area contributed by atoms with Crippen LogP contribution in [0.2, 0.25) is 0 Å². The van der Waals surface area contributed by atoms with Gasteiger partial charge in [0, 0.05) is 0 Å². The van der Waals surface area contributed by atoms with Crippen LogP contribution in [-0.4, -0.2) is 11.5 Å². The van der Waals surface area contributed by atoms with Gasteiger partial charge in [-0.1, -0.05) is 11.8 Å². The highest BCUT2D eigenvalue weighted by molar-refractivity contribution is 7.80. The van der Waals surface area contributed by atoms with Gasteiger partial charge in [-0.25, -0.2) is 0 Å². The first kappa shape index (κ1) is 6.26. The van der Waals surface area contributed by atoms with Crippen molar-refractivity contribution in [1.29, 1.82) is 0 Å². The van der Waals surface area contributed by atoms with Crippen molar-refractivity contribution in [1.82, 2.24) is 0 Å². The maximum absolute atomic E-state index is 3.85. The average molecular weight is 118 g/mol. The molecule has 0 unspecified atom stereocenters. The van der Waals surface area contributed by atoms with E-state index in [1.165, 1.54) is 0 Å². The van der Waals surface area contributed by atoms with E-state index in [1.807, 2.05) is 0 Å². The lowest BCUT2D eigenvalue weighted by Crippen LogP contribution is -1.61. The van der Waals surface area contributed by atoms with Crippen LogP contribution in [0.1, 0.15) is 0 Å². The molecule has 0 saturated carbocycles. The van der Waals surface area contributed by atoms with E-state index in [0.717, 1.165) is 0 Å².